The van der Waals surface area contributed by atoms with Crippen molar-refractivity contribution in [2.24, 2.45) is 0 Å². The second-order valence-electron chi connectivity index (χ2n) is 2.78. The van der Waals surface area contributed by atoms with Gasteiger partial charge in [-0.05, 0) is 17.7 Å². The topological polar surface area (TPSA) is 66.9 Å². The average molecular weight is 188 g/mol. The molecule has 0 aliphatic heterocycles. The Hall–Kier alpha value is -2.15. The fourth-order valence-electron chi connectivity index (χ4n) is 0.992. The lowest BCUT2D eigenvalue weighted by Crippen LogP contribution is -1.92. The van der Waals surface area contributed by atoms with E-state index in [1.807, 2.05) is 6.07 Å². The van der Waals surface area contributed by atoms with Crippen molar-refractivity contribution in [2.75, 3.05) is 0 Å². The molecule has 14 heavy (non-hydrogen) atoms. The SMILES string of the molecule is C/C(=C/c1cccc(C#N)c1)[N+](=O)[O-]. The van der Waals surface area contributed by atoms with E-state index in [9.17, 15) is 10.1 Å². The molecule has 0 aromatic heterocycles. The first-order valence-corrected chi connectivity index (χ1v) is 3.96. The van der Waals surface area contributed by atoms with Crippen LogP contribution in [0.3, 0.4) is 0 Å². The van der Waals surface area contributed by atoms with E-state index >= 15 is 0 Å². The maximum Gasteiger partial charge on any atom is 0.243 e. The molecule has 0 fully saturated rings. The van der Waals surface area contributed by atoms with Crippen molar-refractivity contribution in [3.63, 3.8) is 0 Å². The van der Waals surface area contributed by atoms with Gasteiger partial charge in [-0.2, -0.15) is 5.26 Å². The Labute approximate surface area is 81.2 Å². The summed E-state index contributed by atoms with van der Waals surface area (Å²) in [6, 6.07) is 8.63. The van der Waals surface area contributed by atoms with Crippen LogP contribution >= 0.6 is 0 Å². The van der Waals surface area contributed by atoms with Gasteiger partial charge in [-0.25, -0.2) is 0 Å². The standard InChI is InChI=1S/C10H8N2O2/c1-8(12(13)14)5-9-3-2-4-10(6-9)7-11/h2-6H,1H3/b8-5-. The Morgan fingerprint density at radius 3 is 2.93 bits per heavy atom. The first kappa shape index (κ1) is 9.93. The van der Waals surface area contributed by atoms with Gasteiger partial charge in [0.1, 0.15) is 0 Å². The molecule has 4 heteroatoms. The number of allylic oxidation sites excluding steroid dienone is 1. The van der Waals surface area contributed by atoms with E-state index < -0.39 is 4.92 Å². The molecule has 0 radical (unpaired) electrons. The molecule has 0 N–H and O–H groups in total. The van der Waals surface area contributed by atoms with Crippen LogP contribution in [0.15, 0.2) is 30.0 Å². The lowest BCUT2D eigenvalue weighted by Gasteiger charge is -1.93. The zero-order chi connectivity index (χ0) is 10.6. The molecule has 0 saturated carbocycles. The van der Waals surface area contributed by atoms with Crippen molar-refractivity contribution in [1.29, 1.82) is 5.26 Å². The number of hydrogen-bond acceptors (Lipinski definition) is 3. The zero-order valence-electron chi connectivity index (χ0n) is 7.60. The monoisotopic (exact) mass is 188 g/mol. The minimum atomic E-state index is -0.459. The highest BCUT2D eigenvalue weighted by molar-refractivity contribution is 5.53. The summed E-state index contributed by atoms with van der Waals surface area (Å²) in [5, 5.41) is 18.9. The van der Waals surface area contributed by atoms with E-state index in [2.05, 4.69) is 0 Å². The average Bonchev–Trinajstić information content (AvgIpc) is 2.18. The number of nitrogens with zero attached hydrogens (tertiary/aromatic N) is 2. The lowest BCUT2D eigenvalue weighted by molar-refractivity contribution is -0.422. The molecule has 0 aliphatic rings. The highest BCUT2D eigenvalue weighted by atomic mass is 16.6. The fourth-order valence-corrected chi connectivity index (χ4v) is 0.992. The highest BCUT2D eigenvalue weighted by Crippen LogP contribution is 2.09. The second kappa shape index (κ2) is 4.19. The molecule has 1 rings (SSSR count). The van der Waals surface area contributed by atoms with Crippen molar-refractivity contribution in [1.82, 2.24) is 0 Å². The minimum absolute atomic E-state index is 0.0556. The van der Waals surface area contributed by atoms with Gasteiger partial charge in [-0.3, -0.25) is 10.1 Å². The van der Waals surface area contributed by atoms with Crippen molar-refractivity contribution < 1.29 is 4.92 Å². The summed E-state index contributed by atoms with van der Waals surface area (Å²) >= 11 is 0. The van der Waals surface area contributed by atoms with E-state index in [-0.39, 0.29) is 5.70 Å². The van der Waals surface area contributed by atoms with Gasteiger partial charge in [-0.1, -0.05) is 12.1 Å². The predicted molar refractivity (Wildman–Crippen MR) is 51.8 cm³/mol. The van der Waals surface area contributed by atoms with E-state index in [0.29, 0.717) is 11.1 Å². The molecule has 4 nitrogen and oxygen atoms in total. The van der Waals surface area contributed by atoms with Crippen LogP contribution < -0.4 is 0 Å². The molecule has 0 amide bonds. The van der Waals surface area contributed by atoms with E-state index in [4.69, 9.17) is 5.26 Å². The molecular formula is C10H8N2O2. The molecular weight excluding hydrogens is 180 g/mol. The van der Waals surface area contributed by atoms with Gasteiger partial charge >= 0.3 is 0 Å². The first-order valence-electron chi connectivity index (χ1n) is 3.96. The largest absolute Gasteiger partial charge is 0.259 e. The van der Waals surface area contributed by atoms with Crippen LogP contribution in [0, 0.1) is 21.4 Å². The molecule has 0 aliphatic carbocycles. The minimum Gasteiger partial charge on any atom is -0.259 e. The van der Waals surface area contributed by atoms with Crippen LogP contribution in [0.25, 0.3) is 6.08 Å². The second-order valence-corrected chi connectivity index (χ2v) is 2.78. The van der Waals surface area contributed by atoms with Crippen LogP contribution in [0.1, 0.15) is 18.1 Å². The smallest absolute Gasteiger partial charge is 0.243 e. The molecule has 1 aromatic carbocycles. The predicted octanol–water partition coefficient (Wildman–Crippen LogP) is 2.20. The molecule has 0 spiro atoms. The Bertz CT molecular complexity index is 430. The van der Waals surface area contributed by atoms with Gasteiger partial charge in [0, 0.05) is 13.0 Å². The third kappa shape index (κ3) is 2.42. The number of benzene rings is 1. The van der Waals surface area contributed by atoms with Gasteiger partial charge in [0.15, 0.2) is 0 Å². The van der Waals surface area contributed by atoms with Crippen molar-refractivity contribution in [2.45, 2.75) is 6.92 Å². The molecule has 0 atom stereocenters. The number of nitriles is 1. The van der Waals surface area contributed by atoms with Gasteiger partial charge in [0.25, 0.3) is 0 Å². The van der Waals surface area contributed by atoms with Crippen LogP contribution in [0.4, 0.5) is 0 Å². The van der Waals surface area contributed by atoms with Crippen molar-refractivity contribution >= 4 is 6.08 Å². The first-order chi connectivity index (χ1) is 6.63. The Morgan fingerprint density at radius 1 is 1.64 bits per heavy atom. The van der Waals surface area contributed by atoms with Crippen molar-refractivity contribution in [3.05, 3.63) is 51.2 Å². The Balaban J connectivity index is 3.04. The summed E-state index contributed by atoms with van der Waals surface area (Å²) in [5.74, 6) is 0. The highest BCUT2D eigenvalue weighted by Gasteiger charge is 2.01. The van der Waals surface area contributed by atoms with Crippen LogP contribution in [-0.4, -0.2) is 4.92 Å². The summed E-state index contributed by atoms with van der Waals surface area (Å²) in [5.41, 5.74) is 1.22. The van der Waals surface area contributed by atoms with Gasteiger partial charge in [0.2, 0.25) is 5.70 Å². The summed E-state index contributed by atoms with van der Waals surface area (Å²) < 4.78 is 0. The van der Waals surface area contributed by atoms with Crippen molar-refractivity contribution in [3.8, 4) is 6.07 Å². The molecule has 70 valence electrons. The molecule has 0 heterocycles. The molecule has 0 unspecified atom stereocenters. The zero-order valence-corrected chi connectivity index (χ0v) is 7.60. The summed E-state index contributed by atoms with van der Waals surface area (Å²) in [4.78, 5) is 9.87. The van der Waals surface area contributed by atoms with Crippen LogP contribution in [0.5, 0.6) is 0 Å². The number of nitro groups is 1. The normalized spacial score (nSPS) is 10.7. The maximum atomic E-state index is 10.3. The van der Waals surface area contributed by atoms with E-state index in [1.165, 1.54) is 13.0 Å². The third-order valence-electron chi connectivity index (χ3n) is 1.68. The fraction of sp³-hybridized carbons (Fsp3) is 0.100. The Morgan fingerprint density at radius 2 is 2.36 bits per heavy atom. The third-order valence-corrected chi connectivity index (χ3v) is 1.68. The number of rotatable bonds is 2. The molecule has 0 saturated heterocycles. The lowest BCUT2D eigenvalue weighted by atomic mass is 10.1. The van der Waals surface area contributed by atoms with E-state index in [1.54, 1.807) is 24.3 Å². The summed E-state index contributed by atoms with van der Waals surface area (Å²) in [6.45, 7) is 1.42. The van der Waals surface area contributed by atoms with Gasteiger partial charge in [-0.15, -0.1) is 0 Å². The number of hydrogen-bond donors (Lipinski definition) is 0. The summed E-state index contributed by atoms with van der Waals surface area (Å²) in [6.07, 6.45) is 1.43. The van der Waals surface area contributed by atoms with Gasteiger partial charge in [0.05, 0.1) is 16.6 Å². The molecule has 0 bridgehead atoms. The van der Waals surface area contributed by atoms with E-state index in [0.717, 1.165) is 0 Å². The summed E-state index contributed by atoms with van der Waals surface area (Å²) in [7, 11) is 0. The maximum absolute atomic E-state index is 10.3. The molecule has 1 aromatic rings. The van der Waals surface area contributed by atoms with Crippen LogP contribution in [0.2, 0.25) is 0 Å². The quantitative estimate of drug-likeness (QED) is 0.527. The van der Waals surface area contributed by atoms with Gasteiger partial charge < -0.3 is 0 Å². The Kier molecular flexibility index (Phi) is 2.97. The van der Waals surface area contributed by atoms with Crippen LogP contribution in [-0.2, 0) is 0 Å².